The van der Waals surface area contributed by atoms with Gasteiger partial charge < -0.3 is 28.6 Å². The molecule has 0 heterocycles. The quantitative estimate of drug-likeness (QED) is 0.488. The Kier molecular flexibility index (Phi) is 13.7. The van der Waals surface area contributed by atoms with Gasteiger partial charge >= 0.3 is 17.2 Å². The zero-order valence-corrected chi connectivity index (χ0v) is 8.00. The van der Waals surface area contributed by atoms with Crippen LogP contribution in [0.5, 0.6) is 0 Å². The summed E-state index contributed by atoms with van der Waals surface area (Å²) < 4.78 is 8.14. The highest BCUT2D eigenvalue weighted by atomic mass is 31.2. The number of hydrogen-bond donors (Lipinski definition) is 4. The van der Waals surface area contributed by atoms with Gasteiger partial charge in [0.15, 0.2) is 0 Å². The van der Waals surface area contributed by atoms with Gasteiger partial charge in [-0.3, -0.25) is 0 Å². The molecule has 6 nitrogen and oxygen atoms in total. The van der Waals surface area contributed by atoms with E-state index in [1.165, 1.54) is 7.11 Å². The van der Waals surface area contributed by atoms with Gasteiger partial charge in [0.1, 0.15) is 0 Å². The highest BCUT2D eigenvalue weighted by molar-refractivity contribution is 7.39. The largest absolute Gasteiger partial charge is 0.328 e. The Morgan fingerprint density at radius 3 is 1.45 bits per heavy atom. The van der Waals surface area contributed by atoms with E-state index in [-0.39, 0.29) is 0 Å². The first-order valence-corrected chi connectivity index (χ1v) is 4.90. The molecular weight excluding hydrogens is 194 g/mol. The molecule has 0 aromatic heterocycles. The van der Waals surface area contributed by atoms with E-state index in [1.54, 1.807) is 6.92 Å². The van der Waals surface area contributed by atoms with Crippen molar-refractivity contribution in [3.63, 3.8) is 0 Å². The molecule has 0 fully saturated rings. The Morgan fingerprint density at radius 1 is 1.09 bits per heavy atom. The summed E-state index contributed by atoms with van der Waals surface area (Å²) in [5.41, 5.74) is 0. The van der Waals surface area contributed by atoms with Crippen LogP contribution >= 0.6 is 17.2 Å². The molecular formula is C3H12O6P2. The molecule has 0 aromatic carbocycles. The van der Waals surface area contributed by atoms with Gasteiger partial charge in [-0.25, -0.2) is 0 Å². The van der Waals surface area contributed by atoms with Crippen molar-refractivity contribution < 1.29 is 28.6 Å². The molecule has 70 valence electrons. The van der Waals surface area contributed by atoms with E-state index in [0.717, 1.165) is 0 Å². The topological polar surface area (TPSA) is 99.4 Å². The van der Waals surface area contributed by atoms with Gasteiger partial charge in [0, 0.05) is 7.11 Å². The number of rotatable bonds is 3. The van der Waals surface area contributed by atoms with Crippen LogP contribution in [0.1, 0.15) is 6.92 Å². The molecule has 0 aliphatic heterocycles. The molecule has 4 N–H and O–H groups in total. The Hall–Kier alpha value is 0.620. The SMILES string of the molecule is CCOP(O)O.COP(O)O. The standard InChI is InChI=1S/C2H7O3P.CH5O3P/c1-2-5-6(3)4;1-4-5(2)3/h3-4H,2H2,1H3;2-3H,1H3. The third-order valence-electron chi connectivity index (χ3n) is 0.408. The van der Waals surface area contributed by atoms with Gasteiger partial charge in [0.25, 0.3) is 0 Å². The van der Waals surface area contributed by atoms with Crippen LogP contribution in [-0.2, 0) is 9.05 Å². The average molecular weight is 206 g/mol. The second-order valence-electron chi connectivity index (χ2n) is 1.11. The summed E-state index contributed by atoms with van der Waals surface area (Å²) in [6.45, 7) is 2.06. The second kappa shape index (κ2) is 10.6. The lowest BCUT2D eigenvalue weighted by atomic mass is 10.9. The average Bonchev–Trinajstić information content (AvgIpc) is 1.89. The lowest BCUT2D eigenvalue weighted by molar-refractivity contribution is 0.269. The van der Waals surface area contributed by atoms with E-state index in [1.807, 2.05) is 0 Å². The normalized spacial score (nSPS) is 9.82. The van der Waals surface area contributed by atoms with E-state index in [4.69, 9.17) is 19.6 Å². The predicted octanol–water partition coefficient (Wildman–Crippen LogP) is 0.0787. The zero-order chi connectivity index (χ0) is 9.28. The van der Waals surface area contributed by atoms with Crippen LogP contribution in [0.2, 0.25) is 0 Å². The van der Waals surface area contributed by atoms with Crippen LogP contribution in [0.25, 0.3) is 0 Å². The van der Waals surface area contributed by atoms with Crippen LogP contribution in [0, 0.1) is 0 Å². The van der Waals surface area contributed by atoms with Crippen molar-refractivity contribution in [3.05, 3.63) is 0 Å². The van der Waals surface area contributed by atoms with Gasteiger partial charge in [-0.15, -0.1) is 0 Å². The Bertz CT molecular complexity index is 68.8. The maximum atomic E-state index is 7.95. The Morgan fingerprint density at radius 2 is 1.45 bits per heavy atom. The van der Waals surface area contributed by atoms with Gasteiger partial charge in [0.2, 0.25) is 0 Å². The lowest BCUT2D eigenvalue weighted by Crippen LogP contribution is -1.78. The molecule has 0 aromatic rings. The van der Waals surface area contributed by atoms with Crippen molar-refractivity contribution >= 4 is 17.2 Å². The van der Waals surface area contributed by atoms with E-state index < -0.39 is 17.2 Å². The van der Waals surface area contributed by atoms with E-state index in [9.17, 15) is 0 Å². The van der Waals surface area contributed by atoms with Crippen LogP contribution in [-0.4, -0.2) is 33.3 Å². The lowest BCUT2D eigenvalue weighted by Gasteiger charge is -1.95. The predicted molar refractivity (Wildman–Crippen MR) is 41.4 cm³/mol. The monoisotopic (exact) mass is 206 g/mol. The third-order valence-corrected chi connectivity index (χ3v) is 1.22. The number of hydrogen-bond acceptors (Lipinski definition) is 6. The van der Waals surface area contributed by atoms with Crippen molar-refractivity contribution in [1.29, 1.82) is 0 Å². The highest BCUT2D eigenvalue weighted by Crippen LogP contribution is 2.22. The molecule has 0 aliphatic carbocycles. The van der Waals surface area contributed by atoms with Crippen molar-refractivity contribution in [3.8, 4) is 0 Å². The summed E-state index contributed by atoms with van der Waals surface area (Å²) in [5, 5.41) is 0. The molecule has 0 unspecified atom stereocenters. The molecule has 0 bridgehead atoms. The van der Waals surface area contributed by atoms with Crippen LogP contribution < -0.4 is 0 Å². The van der Waals surface area contributed by atoms with Crippen molar-refractivity contribution in [2.24, 2.45) is 0 Å². The van der Waals surface area contributed by atoms with Gasteiger partial charge in [-0.2, -0.15) is 0 Å². The summed E-state index contributed by atoms with van der Waals surface area (Å²) in [7, 11) is -2.97. The van der Waals surface area contributed by atoms with Crippen LogP contribution in [0.15, 0.2) is 0 Å². The van der Waals surface area contributed by atoms with Gasteiger partial charge in [-0.1, -0.05) is 0 Å². The molecule has 0 amide bonds. The van der Waals surface area contributed by atoms with Crippen molar-refractivity contribution in [2.45, 2.75) is 6.92 Å². The molecule has 0 radical (unpaired) electrons. The Balaban J connectivity index is 0. The molecule has 0 saturated carbocycles. The molecule has 0 saturated heterocycles. The van der Waals surface area contributed by atoms with Crippen LogP contribution in [0.3, 0.4) is 0 Å². The fraction of sp³-hybridized carbons (Fsp3) is 1.00. The third kappa shape index (κ3) is 25.0. The molecule has 0 aliphatic rings. The van der Waals surface area contributed by atoms with Crippen molar-refractivity contribution in [1.82, 2.24) is 0 Å². The minimum absolute atomic E-state index is 0.360. The first kappa shape index (κ1) is 14.2. The summed E-state index contributed by atoms with van der Waals surface area (Å²) in [4.78, 5) is 31.4. The fourth-order valence-corrected chi connectivity index (χ4v) is 0.346. The van der Waals surface area contributed by atoms with Gasteiger partial charge in [0.05, 0.1) is 6.61 Å². The first-order chi connectivity index (χ1) is 5.04. The maximum absolute atomic E-state index is 7.95. The molecule has 0 rings (SSSR count). The van der Waals surface area contributed by atoms with E-state index >= 15 is 0 Å². The summed E-state index contributed by atoms with van der Waals surface area (Å²) in [6, 6.07) is 0. The summed E-state index contributed by atoms with van der Waals surface area (Å²) in [6.07, 6.45) is 0. The zero-order valence-electron chi connectivity index (χ0n) is 6.21. The molecule has 11 heavy (non-hydrogen) atoms. The smallest absolute Gasteiger partial charge is 0.327 e. The van der Waals surface area contributed by atoms with Gasteiger partial charge in [-0.05, 0) is 6.92 Å². The Labute approximate surface area is 67.4 Å². The van der Waals surface area contributed by atoms with E-state index in [0.29, 0.717) is 6.61 Å². The van der Waals surface area contributed by atoms with E-state index in [2.05, 4.69) is 9.05 Å². The maximum Gasteiger partial charge on any atom is 0.327 e. The molecule has 0 atom stereocenters. The fourth-order valence-electron chi connectivity index (χ4n) is 0.115. The summed E-state index contributed by atoms with van der Waals surface area (Å²) >= 11 is 0. The molecule has 8 heteroatoms. The van der Waals surface area contributed by atoms with Crippen molar-refractivity contribution in [2.75, 3.05) is 13.7 Å². The molecule has 0 spiro atoms. The minimum Gasteiger partial charge on any atom is -0.328 e. The first-order valence-electron chi connectivity index (χ1n) is 2.57. The highest BCUT2D eigenvalue weighted by Gasteiger charge is 1.91. The second-order valence-corrected chi connectivity index (χ2v) is 2.74. The summed E-state index contributed by atoms with van der Waals surface area (Å²) in [5.74, 6) is 0. The van der Waals surface area contributed by atoms with Crippen LogP contribution in [0.4, 0.5) is 0 Å². The minimum atomic E-state index is -2.10.